The van der Waals surface area contributed by atoms with Crippen molar-refractivity contribution in [1.82, 2.24) is 15.3 Å². The van der Waals surface area contributed by atoms with Gasteiger partial charge in [-0.1, -0.05) is 11.3 Å². The van der Waals surface area contributed by atoms with Crippen LogP contribution in [0, 0.1) is 5.92 Å². The molecule has 28 heavy (non-hydrogen) atoms. The molecular formula is C18H19N5O3S2. The molecule has 1 aliphatic rings. The third-order valence-electron chi connectivity index (χ3n) is 4.51. The maximum atomic E-state index is 12.4. The van der Waals surface area contributed by atoms with E-state index in [1.165, 1.54) is 11.3 Å². The topological polar surface area (TPSA) is 96.5 Å². The average Bonchev–Trinajstić information content (AvgIpc) is 3.26. The number of carbonyl (C=O) groups is 2. The van der Waals surface area contributed by atoms with E-state index in [-0.39, 0.29) is 24.2 Å². The minimum absolute atomic E-state index is 0.0557. The fourth-order valence-corrected chi connectivity index (χ4v) is 4.59. The van der Waals surface area contributed by atoms with Gasteiger partial charge in [0, 0.05) is 25.5 Å². The van der Waals surface area contributed by atoms with Crippen LogP contribution in [0.1, 0.15) is 5.69 Å². The van der Waals surface area contributed by atoms with Gasteiger partial charge in [0.05, 0.1) is 35.4 Å². The highest BCUT2D eigenvalue weighted by Gasteiger charge is 2.34. The van der Waals surface area contributed by atoms with Gasteiger partial charge >= 0.3 is 0 Å². The van der Waals surface area contributed by atoms with Crippen LogP contribution in [-0.4, -0.2) is 49.0 Å². The molecule has 2 amide bonds. The Hall–Kier alpha value is -2.72. The van der Waals surface area contributed by atoms with Crippen molar-refractivity contribution in [3.05, 3.63) is 29.3 Å². The first-order valence-electron chi connectivity index (χ1n) is 8.71. The Labute approximate surface area is 169 Å². The lowest BCUT2D eigenvalue weighted by atomic mass is 10.0. The molecule has 0 spiro atoms. The zero-order valence-electron chi connectivity index (χ0n) is 15.4. The molecule has 1 fully saturated rings. The summed E-state index contributed by atoms with van der Waals surface area (Å²) in [7, 11) is 3.23. The van der Waals surface area contributed by atoms with Gasteiger partial charge in [-0.05, 0) is 18.2 Å². The summed E-state index contributed by atoms with van der Waals surface area (Å²) in [6.45, 7) is 1.25. The Kier molecular flexibility index (Phi) is 5.14. The van der Waals surface area contributed by atoms with Crippen molar-refractivity contribution in [2.24, 2.45) is 5.92 Å². The van der Waals surface area contributed by atoms with Crippen LogP contribution in [0.15, 0.2) is 23.6 Å². The largest absolute Gasteiger partial charge is 0.497 e. The lowest BCUT2D eigenvalue weighted by molar-refractivity contribution is -0.121. The molecule has 0 atom stereocenters. The highest BCUT2D eigenvalue weighted by Crippen LogP contribution is 2.34. The standard InChI is InChI=1S/C18H19N5O3S2/c1-19-15(24)5-11-9-27-17(20-11)22-16(25)10-7-23(8-10)18-21-13-4-3-12(26-2)6-14(13)28-18/h3-4,6,9-10H,5,7-8H2,1-2H3,(H,19,24)(H,20,22,25). The zero-order chi connectivity index (χ0) is 19.7. The van der Waals surface area contributed by atoms with E-state index in [0.29, 0.717) is 23.9 Å². The first-order valence-corrected chi connectivity index (χ1v) is 10.4. The molecule has 3 heterocycles. The number of benzene rings is 1. The number of nitrogens with zero attached hydrogens (tertiary/aromatic N) is 3. The number of anilines is 2. The molecule has 1 aromatic carbocycles. The molecule has 1 saturated heterocycles. The number of rotatable bonds is 6. The monoisotopic (exact) mass is 417 g/mol. The summed E-state index contributed by atoms with van der Waals surface area (Å²) in [6.07, 6.45) is 0.211. The Morgan fingerprint density at radius 1 is 1.32 bits per heavy atom. The van der Waals surface area contributed by atoms with Crippen LogP contribution in [-0.2, 0) is 16.0 Å². The highest BCUT2D eigenvalue weighted by molar-refractivity contribution is 7.22. The first-order chi connectivity index (χ1) is 13.6. The molecule has 10 heteroatoms. The Balaban J connectivity index is 1.33. The van der Waals surface area contributed by atoms with Crippen molar-refractivity contribution < 1.29 is 14.3 Å². The molecular weight excluding hydrogens is 398 g/mol. The Morgan fingerprint density at radius 2 is 2.14 bits per heavy atom. The van der Waals surface area contributed by atoms with E-state index in [0.717, 1.165) is 21.1 Å². The third-order valence-corrected chi connectivity index (χ3v) is 6.40. The number of methoxy groups -OCH3 is 1. The second kappa shape index (κ2) is 7.72. The van der Waals surface area contributed by atoms with Gasteiger partial charge in [-0.3, -0.25) is 9.59 Å². The van der Waals surface area contributed by atoms with Gasteiger partial charge in [0.2, 0.25) is 11.8 Å². The van der Waals surface area contributed by atoms with Crippen LogP contribution in [0.4, 0.5) is 10.3 Å². The molecule has 8 nitrogen and oxygen atoms in total. The minimum Gasteiger partial charge on any atom is -0.497 e. The SMILES string of the molecule is CNC(=O)Cc1csc(NC(=O)C2CN(c3nc4ccc(OC)cc4s3)C2)n1. The van der Waals surface area contributed by atoms with Gasteiger partial charge in [0.25, 0.3) is 0 Å². The van der Waals surface area contributed by atoms with E-state index in [1.54, 1.807) is 30.9 Å². The fraction of sp³-hybridized carbons (Fsp3) is 0.333. The molecule has 1 aliphatic heterocycles. The van der Waals surface area contributed by atoms with E-state index >= 15 is 0 Å². The number of amides is 2. The Morgan fingerprint density at radius 3 is 2.89 bits per heavy atom. The van der Waals surface area contributed by atoms with Crippen LogP contribution in [0.3, 0.4) is 0 Å². The summed E-state index contributed by atoms with van der Waals surface area (Å²) >= 11 is 2.92. The van der Waals surface area contributed by atoms with E-state index in [4.69, 9.17) is 4.74 Å². The summed E-state index contributed by atoms with van der Waals surface area (Å²) in [6, 6.07) is 5.81. The van der Waals surface area contributed by atoms with Crippen molar-refractivity contribution in [3.8, 4) is 5.75 Å². The molecule has 0 bridgehead atoms. The third kappa shape index (κ3) is 3.78. The summed E-state index contributed by atoms with van der Waals surface area (Å²) in [4.78, 5) is 34.9. The maximum absolute atomic E-state index is 12.4. The number of thiazole rings is 2. The van der Waals surface area contributed by atoms with Crippen LogP contribution >= 0.6 is 22.7 Å². The van der Waals surface area contributed by atoms with Gasteiger partial charge in [-0.15, -0.1) is 11.3 Å². The summed E-state index contributed by atoms with van der Waals surface area (Å²) in [5.41, 5.74) is 1.58. The first kappa shape index (κ1) is 18.6. The summed E-state index contributed by atoms with van der Waals surface area (Å²) < 4.78 is 6.32. The molecule has 0 radical (unpaired) electrons. The van der Waals surface area contributed by atoms with E-state index < -0.39 is 0 Å². The number of nitrogens with one attached hydrogen (secondary N) is 2. The van der Waals surface area contributed by atoms with Gasteiger partial charge in [0.1, 0.15) is 5.75 Å². The van der Waals surface area contributed by atoms with Gasteiger partial charge < -0.3 is 20.3 Å². The number of likely N-dealkylation sites (N-methyl/N-ethyl adjacent to an activating group) is 1. The number of aromatic nitrogens is 2. The van der Waals surface area contributed by atoms with Gasteiger partial charge in [0.15, 0.2) is 10.3 Å². The number of hydrogen-bond donors (Lipinski definition) is 2. The smallest absolute Gasteiger partial charge is 0.232 e. The molecule has 2 aromatic heterocycles. The number of ether oxygens (including phenoxy) is 1. The lowest BCUT2D eigenvalue weighted by Crippen LogP contribution is -2.52. The second-order valence-electron chi connectivity index (χ2n) is 6.42. The average molecular weight is 418 g/mol. The highest BCUT2D eigenvalue weighted by atomic mass is 32.1. The molecule has 0 aliphatic carbocycles. The number of hydrogen-bond acceptors (Lipinski definition) is 8. The quantitative estimate of drug-likeness (QED) is 0.638. The minimum atomic E-state index is -0.105. The predicted molar refractivity (Wildman–Crippen MR) is 110 cm³/mol. The van der Waals surface area contributed by atoms with Crippen molar-refractivity contribution >= 4 is 55.0 Å². The van der Waals surface area contributed by atoms with Gasteiger partial charge in [-0.2, -0.15) is 0 Å². The molecule has 2 N–H and O–H groups in total. The summed E-state index contributed by atoms with van der Waals surface area (Å²) in [5, 5.41) is 8.62. The van der Waals surface area contributed by atoms with Crippen LogP contribution in [0.25, 0.3) is 10.2 Å². The lowest BCUT2D eigenvalue weighted by Gasteiger charge is -2.37. The van der Waals surface area contributed by atoms with Crippen molar-refractivity contribution in [1.29, 1.82) is 0 Å². The van der Waals surface area contributed by atoms with Crippen molar-refractivity contribution in [2.75, 3.05) is 37.5 Å². The molecule has 3 aromatic rings. The molecule has 0 unspecified atom stereocenters. The number of fused-ring (bicyclic) bond motifs is 1. The van der Waals surface area contributed by atoms with E-state index in [2.05, 4.69) is 25.5 Å². The molecule has 0 saturated carbocycles. The van der Waals surface area contributed by atoms with Gasteiger partial charge in [-0.25, -0.2) is 9.97 Å². The predicted octanol–water partition coefficient (Wildman–Crippen LogP) is 2.12. The Bertz CT molecular complexity index is 1030. The van der Waals surface area contributed by atoms with Crippen LogP contribution < -0.4 is 20.3 Å². The zero-order valence-corrected chi connectivity index (χ0v) is 17.0. The normalized spacial score (nSPS) is 14.0. The van der Waals surface area contributed by atoms with Crippen molar-refractivity contribution in [3.63, 3.8) is 0 Å². The fourth-order valence-electron chi connectivity index (χ4n) is 2.86. The van der Waals surface area contributed by atoms with E-state index in [1.807, 2.05) is 18.2 Å². The molecule has 4 rings (SSSR count). The summed E-state index contributed by atoms with van der Waals surface area (Å²) in [5.74, 6) is 0.543. The molecule has 146 valence electrons. The van der Waals surface area contributed by atoms with Crippen LogP contribution in [0.5, 0.6) is 5.75 Å². The van der Waals surface area contributed by atoms with E-state index in [9.17, 15) is 9.59 Å². The van der Waals surface area contributed by atoms with Crippen molar-refractivity contribution in [2.45, 2.75) is 6.42 Å². The van der Waals surface area contributed by atoms with Crippen LogP contribution in [0.2, 0.25) is 0 Å². The second-order valence-corrected chi connectivity index (χ2v) is 8.28. The maximum Gasteiger partial charge on any atom is 0.232 e. The number of carbonyl (C=O) groups excluding carboxylic acids is 2.